The van der Waals surface area contributed by atoms with Crippen LogP contribution in [0.1, 0.15) is 11.1 Å². The first-order valence-electron chi connectivity index (χ1n) is 6.58. The van der Waals surface area contributed by atoms with E-state index in [0.29, 0.717) is 0 Å². The summed E-state index contributed by atoms with van der Waals surface area (Å²) in [6.45, 7) is 1.83. The van der Waals surface area contributed by atoms with Gasteiger partial charge in [-0.3, -0.25) is 4.99 Å². The van der Waals surface area contributed by atoms with Gasteiger partial charge in [0.15, 0.2) is 0 Å². The molecular formula is C16H15IN2S. The topological polar surface area (TPSA) is 24.4 Å². The Kier molecular flexibility index (Phi) is 4.62. The minimum atomic E-state index is 0.880. The average molecular weight is 394 g/mol. The summed E-state index contributed by atoms with van der Waals surface area (Å²) in [5.74, 6) is 2.03. The van der Waals surface area contributed by atoms with Crippen LogP contribution in [0.25, 0.3) is 0 Å². The Morgan fingerprint density at radius 2 is 1.90 bits per heavy atom. The van der Waals surface area contributed by atoms with Crippen LogP contribution in [-0.4, -0.2) is 18.9 Å². The second-order valence-electron chi connectivity index (χ2n) is 4.53. The predicted octanol–water partition coefficient (Wildman–Crippen LogP) is 3.93. The molecule has 3 rings (SSSR count). The zero-order valence-electron chi connectivity index (χ0n) is 11.0. The molecule has 0 radical (unpaired) electrons. The second kappa shape index (κ2) is 6.63. The lowest BCUT2D eigenvalue weighted by Gasteiger charge is -2.10. The lowest BCUT2D eigenvalue weighted by molar-refractivity contribution is 0.959. The molecule has 0 atom stereocenters. The summed E-state index contributed by atoms with van der Waals surface area (Å²) in [6.07, 6.45) is 0. The molecule has 0 saturated heterocycles. The molecule has 0 aromatic heterocycles. The van der Waals surface area contributed by atoms with Gasteiger partial charge in [0.25, 0.3) is 0 Å². The molecule has 2 aromatic rings. The van der Waals surface area contributed by atoms with Gasteiger partial charge in [0.2, 0.25) is 0 Å². The van der Waals surface area contributed by atoms with Crippen molar-refractivity contribution in [2.45, 2.75) is 10.6 Å². The number of nitrogens with zero attached hydrogens (tertiary/aromatic N) is 1. The molecule has 0 fully saturated rings. The van der Waals surface area contributed by atoms with Gasteiger partial charge in [-0.25, -0.2) is 0 Å². The maximum absolute atomic E-state index is 4.53. The Labute approximate surface area is 137 Å². The second-order valence-corrected chi connectivity index (χ2v) is 6.71. The Balaban J connectivity index is 1.79. The number of hydrogen-bond donors (Lipinski definition) is 1. The Bertz CT molecular complexity index is 640. The first-order valence-corrected chi connectivity index (χ1v) is 8.65. The molecule has 2 aromatic carbocycles. The molecule has 1 aliphatic heterocycles. The summed E-state index contributed by atoms with van der Waals surface area (Å²) in [5, 5.41) is 3.36. The van der Waals surface area contributed by atoms with E-state index in [1.807, 2.05) is 11.8 Å². The van der Waals surface area contributed by atoms with Crippen LogP contribution < -0.4 is 5.32 Å². The van der Waals surface area contributed by atoms with Crippen molar-refractivity contribution < 1.29 is 0 Å². The summed E-state index contributed by atoms with van der Waals surface area (Å²) < 4.78 is 1.33. The third kappa shape index (κ3) is 3.17. The Morgan fingerprint density at radius 1 is 1.10 bits per heavy atom. The molecule has 0 unspecified atom stereocenters. The summed E-state index contributed by atoms with van der Waals surface area (Å²) in [7, 11) is 0. The number of aliphatic imine (C=N–C) groups is 1. The number of nitrogens with one attached hydrogen (secondary N) is 1. The summed E-state index contributed by atoms with van der Waals surface area (Å²) in [6, 6.07) is 17.0. The Hall–Kier alpha value is -1.01. The first kappa shape index (κ1) is 13.9. The van der Waals surface area contributed by atoms with Crippen LogP contribution in [0.2, 0.25) is 0 Å². The zero-order chi connectivity index (χ0) is 13.8. The highest BCUT2D eigenvalue weighted by molar-refractivity contribution is 14.1. The van der Waals surface area contributed by atoms with Gasteiger partial charge in [-0.2, -0.15) is 0 Å². The van der Waals surface area contributed by atoms with Crippen LogP contribution in [0.3, 0.4) is 0 Å². The number of halogens is 1. The molecule has 1 aliphatic rings. The van der Waals surface area contributed by atoms with Crippen molar-refractivity contribution in [3.8, 4) is 0 Å². The van der Waals surface area contributed by atoms with Crippen molar-refractivity contribution in [2.24, 2.45) is 4.99 Å². The van der Waals surface area contributed by atoms with E-state index in [1.54, 1.807) is 0 Å². The standard InChI is InChI=1S/C16H15IN2S/c17-14-7-3-1-5-12(14)11-20-15-8-4-2-6-13(15)16-18-9-10-19-16/h1-8H,9-11H2,(H,18,19). The molecule has 4 heteroatoms. The highest BCUT2D eigenvalue weighted by Gasteiger charge is 2.12. The van der Waals surface area contributed by atoms with E-state index in [-0.39, 0.29) is 0 Å². The van der Waals surface area contributed by atoms with E-state index in [1.165, 1.54) is 19.6 Å². The third-order valence-electron chi connectivity index (χ3n) is 3.16. The van der Waals surface area contributed by atoms with Crippen LogP contribution in [0.5, 0.6) is 0 Å². The van der Waals surface area contributed by atoms with Crippen LogP contribution in [0.4, 0.5) is 0 Å². The van der Waals surface area contributed by atoms with Crippen molar-refractivity contribution >= 4 is 40.2 Å². The molecule has 0 spiro atoms. The van der Waals surface area contributed by atoms with Crippen molar-refractivity contribution in [1.29, 1.82) is 0 Å². The van der Waals surface area contributed by atoms with E-state index in [9.17, 15) is 0 Å². The molecule has 102 valence electrons. The molecule has 1 heterocycles. The molecule has 20 heavy (non-hydrogen) atoms. The third-order valence-corrected chi connectivity index (χ3v) is 5.33. The number of benzene rings is 2. The molecule has 0 bridgehead atoms. The largest absolute Gasteiger partial charge is 0.368 e. The maximum atomic E-state index is 4.53. The van der Waals surface area contributed by atoms with Gasteiger partial charge in [0.05, 0.1) is 6.54 Å². The molecule has 0 saturated carbocycles. The van der Waals surface area contributed by atoms with Crippen molar-refractivity contribution in [3.63, 3.8) is 0 Å². The summed E-state index contributed by atoms with van der Waals surface area (Å²) in [5.41, 5.74) is 2.61. The number of amidine groups is 1. The highest BCUT2D eigenvalue weighted by Crippen LogP contribution is 2.28. The Morgan fingerprint density at radius 3 is 2.70 bits per heavy atom. The molecule has 0 amide bonds. The lowest BCUT2D eigenvalue weighted by Crippen LogP contribution is -2.20. The fourth-order valence-electron chi connectivity index (χ4n) is 2.14. The van der Waals surface area contributed by atoms with Gasteiger partial charge in [-0.05, 0) is 40.3 Å². The van der Waals surface area contributed by atoms with Crippen molar-refractivity contribution in [2.75, 3.05) is 13.1 Å². The quantitative estimate of drug-likeness (QED) is 0.628. The van der Waals surface area contributed by atoms with E-state index in [4.69, 9.17) is 0 Å². The SMILES string of the molecule is Ic1ccccc1CSc1ccccc1C1=NCCN1. The maximum Gasteiger partial charge on any atom is 0.129 e. The van der Waals surface area contributed by atoms with Crippen LogP contribution in [0, 0.1) is 3.57 Å². The van der Waals surface area contributed by atoms with Crippen molar-refractivity contribution in [3.05, 3.63) is 63.2 Å². The smallest absolute Gasteiger partial charge is 0.129 e. The fourth-order valence-corrected chi connectivity index (χ4v) is 4.03. The van der Waals surface area contributed by atoms with Gasteiger partial charge in [0.1, 0.15) is 5.84 Å². The highest BCUT2D eigenvalue weighted by atomic mass is 127. The normalized spacial score (nSPS) is 13.9. The van der Waals surface area contributed by atoms with Crippen LogP contribution >= 0.6 is 34.4 Å². The van der Waals surface area contributed by atoms with E-state index < -0.39 is 0 Å². The number of hydrogen-bond acceptors (Lipinski definition) is 3. The monoisotopic (exact) mass is 394 g/mol. The van der Waals surface area contributed by atoms with E-state index in [2.05, 4.69) is 81.4 Å². The van der Waals surface area contributed by atoms with E-state index >= 15 is 0 Å². The summed E-state index contributed by atoms with van der Waals surface area (Å²) >= 11 is 4.28. The van der Waals surface area contributed by atoms with Gasteiger partial charge >= 0.3 is 0 Å². The van der Waals surface area contributed by atoms with Gasteiger partial charge in [0, 0.05) is 26.3 Å². The average Bonchev–Trinajstić information content (AvgIpc) is 3.01. The predicted molar refractivity (Wildman–Crippen MR) is 94.6 cm³/mol. The van der Waals surface area contributed by atoms with Crippen LogP contribution in [0.15, 0.2) is 58.4 Å². The van der Waals surface area contributed by atoms with Gasteiger partial charge in [-0.1, -0.05) is 36.4 Å². The van der Waals surface area contributed by atoms with Gasteiger partial charge in [-0.15, -0.1) is 11.8 Å². The van der Waals surface area contributed by atoms with Crippen LogP contribution in [-0.2, 0) is 5.75 Å². The van der Waals surface area contributed by atoms with Crippen molar-refractivity contribution in [1.82, 2.24) is 5.32 Å². The number of rotatable bonds is 4. The number of thioether (sulfide) groups is 1. The lowest BCUT2D eigenvalue weighted by atomic mass is 10.2. The molecule has 2 nitrogen and oxygen atoms in total. The minimum absolute atomic E-state index is 0.880. The molecular weight excluding hydrogens is 379 g/mol. The van der Waals surface area contributed by atoms with Gasteiger partial charge < -0.3 is 5.32 Å². The molecule has 0 aliphatic carbocycles. The fraction of sp³-hybridized carbons (Fsp3) is 0.188. The zero-order valence-corrected chi connectivity index (χ0v) is 13.9. The summed E-state index contributed by atoms with van der Waals surface area (Å²) in [4.78, 5) is 5.82. The minimum Gasteiger partial charge on any atom is -0.368 e. The van der Waals surface area contributed by atoms with E-state index in [0.717, 1.165) is 24.7 Å². The first-order chi connectivity index (χ1) is 9.84. The molecule has 1 N–H and O–H groups in total.